The minimum absolute atomic E-state index is 0.0677. The summed E-state index contributed by atoms with van der Waals surface area (Å²) in [6.45, 7) is 0.399. The summed E-state index contributed by atoms with van der Waals surface area (Å²) < 4.78 is 11.2. The van der Waals surface area contributed by atoms with Gasteiger partial charge in [0.1, 0.15) is 12.2 Å². The van der Waals surface area contributed by atoms with Crippen molar-refractivity contribution in [1.29, 1.82) is 0 Å². The SMILES string of the molecule is COc1cc(C=NNC(=O)c2ccccc2[N+](=O)[O-])ccc1OCc1ccccc1. The van der Waals surface area contributed by atoms with Crippen molar-refractivity contribution in [3.05, 3.63) is 99.6 Å². The lowest BCUT2D eigenvalue weighted by molar-refractivity contribution is -0.385. The maximum absolute atomic E-state index is 12.2. The van der Waals surface area contributed by atoms with E-state index in [1.807, 2.05) is 30.3 Å². The predicted octanol–water partition coefficient (Wildman–Crippen LogP) is 3.95. The summed E-state index contributed by atoms with van der Waals surface area (Å²) in [4.78, 5) is 22.6. The number of amides is 1. The number of ether oxygens (including phenoxy) is 2. The van der Waals surface area contributed by atoms with Crippen molar-refractivity contribution in [2.75, 3.05) is 7.11 Å². The van der Waals surface area contributed by atoms with Gasteiger partial charge in [0.05, 0.1) is 18.2 Å². The second kappa shape index (κ2) is 9.83. The van der Waals surface area contributed by atoms with Gasteiger partial charge in [0, 0.05) is 6.07 Å². The van der Waals surface area contributed by atoms with Crippen LogP contribution in [0.2, 0.25) is 0 Å². The molecule has 8 heteroatoms. The van der Waals surface area contributed by atoms with Crippen LogP contribution in [0.15, 0.2) is 77.9 Å². The minimum Gasteiger partial charge on any atom is -0.493 e. The number of nitro benzene ring substituents is 1. The highest BCUT2D eigenvalue weighted by atomic mass is 16.6. The molecular formula is C22H19N3O5. The Morgan fingerprint density at radius 2 is 1.80 bits per heavy atom. The van der Waals surface area contributed by atoms with Crippen molar-refractivity contribution in [2.24, 2.45) is 5.10 Å². The lowest BCUT2D eigenvalue weighted by Crippen LogP contribution is -2.18. The van der Waals surface area contributed by atoms with Crippen LogP contribution < -0.4 is 14.9 Å². The first kappa shape index (κ1) is 20.5. The topological polar surface area (TPSA) is 103 Å². The van der Waals surface area contributed by atoms with Gasteiger partial charge in [0.15, 0.2) is 11.5 Å². The van der Waals surface area contributed by atoms with Gasteiger partial charge in [0.25, 0.3) is 11.6 Å². The average molecular weight is 405 g/mol. The zero-order valence-corrected chi connectivity index (χ0v) is 16.1. The number of nitrogens with zero attached hydrogens (tertiary/aromatic N) is 2. The Labute approximate surface area is 172 Å². The largest absolute Gasteiger partial charge is 0.493 e. The summed E-state index contributed by atoms with van der Waals surface area (Å²) in [7, 11) is 1.53. The van der Waals surface area contributed by atoms with Crippen LogP contribution in [-0.4, -0.2) is 24.2 Å². The predicted molar refractivity (Wildman–Crippen MR) is 112 cm³/mol. The summed E-state index contributed by atoms with van der Waals surface area (Å²) in [5, 5.41) is 14.9. The van der Waals surface area contributed by atoms with Crippen molar-refractivity contribution >= 4 is 17.8 Å². The third-order valence-corrected chi connectivity index (χ3v) is 4.15. The van der Waals surface area contributed by atoms with E-state index in [1.165, 1.54) is 31.5 Å². The number of carbonyl (C=O) groups is 1. The molecule has 0 bridgehead atoms. The Morgan fingerprint density at radius 1 is 1.07 bits per heavy atom. The molecule has 1 N–H and O–H groups in total. The van der Waals surface area contributed by atoms with Crippen LogP contribution in [0.1, 0.15) is 21.5 Å². The van der Waals surface area contributed by atoms with Crippen LogP contribution in [0.25, 0.3) is 0 Å². The van der Waals surface area contributed by atoms with E-state index >= 15 is 0 Å². The molecule has 0 unspecified atom stereocenters. The molecule has 1 amide bonds. The standard InChI is InChI=1S/C22H19N3O5/c1-29-21-13-17(11-12-20(21)30-15-16-7-3-2-4-8-16)14-23-24-22(26)18-9-5-6-10-19(18)25(27)28/h2-14H,15H2,1H3,(H,24,26). The highest BCUT2D eigenvalue weighted by molar-refractivity contribution is 5.98. The Morgan fingerprint density at radius 3 is 2.53 bits per heavy atom. The van der Waals surface area contributed by atoms with Gasteiger partial charge in [0.2, 0.25) is 0 Å². The summed E-state index contributed by atoms with van der Waals surface area (Å²) in [5.74, 6) is 0.413. The molecule has 30 heavy (non-hydrogen) atoms. The van der Waals surface area contributed by atoms with E-state index in [4.69, 9.17) is 9.47 Å². The first-order valence-electron chi connectivity index (χ1n) is 9.00. The highest BCUT2D eigenvalue weighted by Crippen LogP contribution is 2.28. The van der Waals surface area contributed by atoms with Gasteiger partial charge in [-0.3, -0.25) is 14.9 Å². The van der Waals surface area contributed by atoms with Crippen LogP contribution in [0.3, 0.4) is 0 Å². The fourth-order valence-electron chi connectivity index (χ4n) is 2.67. The average Bonchev–Trinajstić information content (AvgIpc) is 2.78. The van der Waals surface area contributed by atoms with E-state index in [-0.39, 0.29) is 11.3 Å². The Hall–Kier alpha value is -4.20. The van der Waals surface area contributed by atoms with Crippen LogP contribution in [0.5, 0.6) is 11.5 Å². The van der Waals surface area contributed by atoms with Crippen LogP contribution in [0, 0.1) is 10.1 Å². The zero-order chi connectivity index (χ0) is 21.3. The van der Waals surface area contributed by atoms with Gasteiger partial charge in [-0.05, 0) is 35.4 Å². The van der Waals surface area contributed by atoms with Gasteiger partial charge >= 0.3 is 0 Å². The van der Waals surface area contributed by atoms with Crippen LogP contribution in [0.4, 0.5) is 5.69 Å². The third-order valence-electron chi connectivity index (χ3n) is 4.15. The minimum atomic E-state index is -0.673. The number of benzene rings is 3. The van der Waals surface area contributed by atoms with Gasteiger partial charge in [-0.2, -0.15) is 5.10 Å². The summed E-state index contributed by atoms with van der Waals surface area (Å²) in [5.41, 5.74) is 3.63. The third kappa shape index (κ3) is 5.20. The number of hydrogen-bond acceptors (Lipinski definition) is 6. The number of carbonyl (C=O) groups excluding carboxylic acids is 1. The van der Waals surface area contributed by atoms with Gasteiger partial charge in [-0.25, -0.2) is 5.43 Å². The molecule has 3 rings (SSSR count). The summed E-state index contributed by atoms with van der Waals surface area (Å²) >= 11 is 0. The number of para-hydroxylation sites is 1. The summed E-state index contributed by atoms with van der Waals surface area (Å²) in [6.07, 6.45) is 1.41. The highest BCUT2D eigenvalue weighted by Gasteiger charge is 2.18. The second-order valence-electron chi connectivity index (χ2n) is 6.16. The quantitative estimate of drug-likeness (QED) is 0.347. The van der Waals surface area contributed by atoms with Gasteiger partial charge in [-0.15, -0.1) is 0 Å². The molecule has 0 radical (unpaired) electrons. The number of nitrogens with one attached hydrogen (secondary N) is 1. The molecular weight excluding hydrogens is 386 g/mol. The molecule has 0 spiro atoms. The molecule has 0 aliphatic heterocycles. The number of rotatable bonds is 8. The lowest BCUT2D eigenvalue weighted by atomic mass is 10.2. The van der Waals surface area contributed by atoms with Crippen molar-refractivity contribution in [3.8, 4) is 11.5 Å². The fourth-order valence-corrected chi connectivity index (χ4v) is 2.67. The molecule has 3 aromatic rings. The molecule has 0 fully saturated rings. The number of hydrazone groups is 1. The molecule has 0 heterocycles. The number of hydrogen-bond donors (Lipinski definition) is 1. The van der Waals surface area contributed by atoms with E-state index in [1.54, 1.807) is 24.3 Å². The van der Waals surface area contributed by atoms with E-state index < -0.39 is 10.8 Å². The Balaban J connectivity index is 1.66. The first-order chi connectivity index (χ1) is 14.6. The zero-order valence-electron chi connectivity index (χ0n) is 16.1. The number of methoxy groups -OCH3 is 1. The fraction of sp³-hybridized carbons (Fsp3) is 0.0909. The lowest BCUT2D eigenvalue weighted by Gasteiger charge is -2.11. The second-order valence-corrected chi connectivity index (χ2v) is 6.16. The maximum Gasteiger partial charge on any atom is 0.282 e. The van der Waals surface area contributed by atoms with Crippen molar-refractivity contribution < 1.29 is 19.2 Å². The van der Waals surface area contributed by atoms with Crippen molar-refractivity contribution in [3.63, 3.8) is 0 Å². The number of nitro groups is 1. The first-order valence-corrected chi connectivity index (χ1v) is 9.00. The summed E-state index contributed by atoms with van der Waals surface area (Å²) in [6, 6.07) is 20.6. The van der Waals surface area contributed by atoms with E-state index in [0.717, 1.165) is 5.56 Å². The molecule has 8 nitrogen and oxygen atoms in total. The molecule has 0 aromatic heterocycles. The molecule has 0 aliphatic carbocycles. The smallest absolute Gasteiger partial charge is 0.282 e. The Bertz CT molecular complexity index is 1070. The van der Waals surface area contributed by atoms with Gasteiger partial charge in [-0.1, -0.05) is 42.5 Å². The van der Waals surface area contributed by atoms with E-state index in [2.05, 4.69) is 10.5 Å². The van der Waals surface area contributed by atoms with Crippen LogP contribution >= 0.6 is 0 Å². The molecule has 152 valence electrons. The van der Waals surface area contributed by atoms with E-state index in [0.29, 0.717) is 23.7 Å². The molecule has 3 aromatic carbocycles. The Kier molecular flexibility index (Phi) is 6.73. The normalized spacial score (nSPS) is 10.6. The van der Waals surface area contributed by atoms with Crippen molar-refractivity contribution in [1.82, 2.24) is 5.43 Å². The molecule has 0 saturated heterocycles. The van der Waals surface area contributed by atoms with Crippen molar-refractivity contribution in [2.45, 2.75) is 6.61 Å². The molecule has 0 aliphatic rings. The monoisotopic (exact) mass is 405 g/mol. The van der Waals surface area contributed by atoms with Gasteiger partial charge < -0.3 is 9.47 Å². The van der Waals surface area contributed by atoms with E-state index in [9.17, 15) is 14.9 Å². The maximum atomic E-state index is 12.2. The molecule has 0 atom stereocenters. The molecule has 0 saturated carbocycles. The van der Waals surface area contributed by atoms with Crippen LogP contribution in [-0.2, 0) is 6.61 Å².